The number of nitrogens with zero attached hydrogens (tertiary/aromatic N) is 2. The molecule has 4 N–H and O–H groups in total. The van der Waals surface area contributed by atoms with Crippen LogP contribution in [0.25, 0.3) is 16.5 Å². The second-order valence-corrected chi connectivity index (χ2v) is 8.74. The Morgan fingerprint density at radius 2 is 1.89 bits per heavy atom. The number of ether oxygens (including phenoxy) is 2. The molecule has 36 heavy (non-hydrogen) atoms. The largest absolute Gasteiger partial charge is 0.512 e. The molecule has 1 aliphatic heterocycles. The smallest absolute Gasteiger partial charge is 0.257 e. The molecule has 0 aliphatic carbocycles. The van der Waals surface area contributed by atoms with Crippen LogP contribution in [0.1, 0.15) is 35.3 Å². The molecule has 9 heteroatoms. The van der Waals surface area contributed by atoms with Gasteiger partial charge in [-0.15, -0.1) is 0 Å². The highest BCUT2D eigenvalue weighted by molar-refractivity contribution is 6.22. The van der Waals surface area contributed by atoms with Gasteiger partial charge in [-0.25, -0.2) is 4.98 Å². The summed E-state index contributed by atoms with van der Waals surface area (Å²) in [5.74, 6) is -0.0387. The Kier molecular flexibility index (Phi) is 7.12. The summed E-state index contributed by atoms with van der Waals surface area (Å²) in [4.78, 5) is 20.0. The van der Waals surface area contributed by atoms with E-state index in [-0.39, 0.29) is 23.3 Å². The van der Waals surface area contributed by atoms with E-state index in [9.17, 15) is 15.0 Å². The van der Waals surface area contributed by atoms with Crippen molar-refractivity contribution in [2.24, 2.45) is 0 Å². The Morgan fingerprint density at radius 1 is 1.17 bits per heavy atom. The Bertz CT molecular complexity index is 1370. The number of nitrogens with one attached hydrogen (secondary N) is 2. The molecule has 3 aromatic rings. The van der Waals surface area contributed by atoms with E-state index in [2.05, 4.69) is 15.2 Å². The standard InChI is InChI=1S/C27H30N4O5/c1-15-11-25(33)29-21-14-24(35-4)22(13-19(15)21)30-27(34)20-12-18(26(16(2)28)17(3)32)5-6-23(20)31-7-9-36-10-8-31/h5-6,11-14,28,32H,7-10H2,1-4H3,(H,29,33)(H,30,34)/b26-17+,28-16?. The van der Waals surface area contributed by atoms with Crippen molar-refractivity contribution in [2.75, 3.05) is 43.6 Å². The minimum atomic E-state index is -0.363. The molecular formula is C27H30N4O5. The van der Waals surface area contributed by atoms with Gasteiger partial charge < -0.3 is 35.3 Å². The molecule has 1 aromatic heterocycles. The molecule has 4 rings (SSSR count). The second-order valence-electron chi connectivity index (χ2n) is 8.74. The number of fused-ring (bicyclic) bond motifs is 1. The van der Waals surface area contributed by atoms with E-state index in [4.69, 9.17) is 14.9 Å². The molecule has 0 radical (unpaired) electrons. The first-order valence-electron chi connectivity index (χ1n) is 11.6. The number of pyridine rings is 1. The van der Waals surface area contributed by atoms with Crippen molar-refractivity contribution in [2.45, 2.75) is 20.8 Å². The number of morpholine rings is 1. The van der Waals surface area contributed by atoms with Crippen LogP contribution in [0.5, 0.6) is 11.6 Å². The average Bonchev–Trinajstić information content (AvgIpc) is 2.84. The molecule has 0 atom stereocenters. The topological polar surface area (TPSA) is 128 Å². The van der Waals surface area contributed by atoms with E-state index in [1.54, 1.807) is 31.2 Å². The minimum Gasteiger partial charge on any atom is -0.512 e. The molecular weight excluding hydrogens is 460 g/mol. The van der Waals surface area contributed by atoms with Gasteiger partial charge in [0.05, 0.1) is 42.9 Å². The van der Waals surface area contributed by atoms with Gasteiger partial charge in [-0.3, -0.25) is 4.79 Å². The Labute approximate surface area is 209 Å². The molecule has 1 saturated heterocycles. The summed E-state index contributed by atoms with van der Waals surface area (Å²) >= 11 is 0. The normalized spacial score (nSPS) is 14.4. The number of aliphatic hydroxyl groups is 1. The average molecular weight is 491 g/mol. The molecule has 188 valence electrons. The van der Waals surface area contributed by atoms with Crippen LogP contribution in [0.4, 0.5) is 11.4 Å². The lowest BCUT2D eigenvalue weighted by atomic mass is 9.97. The Balaban J connectivity index is 1.81. The van der Waals surface area contributed by atoms with Gasteiger partial charge in [0.15, 0.2) is 0 Å². The molecule has 0 saturated carbocycles. The molecule has 2 heterocycles. The van der Waals surface area contributed by atoms with Crippen molar-refractivity contribution in [1.29, 1.82) is 5.41 Å². The van der Waals surface area contributed by atoms with Crippen molar-refractivity contribution in [3.8, 4) is 11.6 Å². The third-order valence-electron chi connectivity index (χ3n) is 6.19. The predicted octanol–water partition coefficient (Wildman–Crippen LogP) is 4.67. The van der Waals surface area contributed by atoms with Gasteiger partial charge in [0, 0.05) is 47.6 Å². The number of benzene rings is 2. The van der Waals surface area contributed by atoms with E-state index < -0.39 is 0 Å². The minimum absolute atomic E-state index is 0.00964. The first kappa shape index (κ1) is 25.0. The fraction of sp³-hybridized carbons (Fsp3) is 0.296. The number of aromatic nitrogens is 1. The van der Waals surface area contributed by atoms with E-state index in [0.717, 1.165) is 16.6 Å². The number of aryl methyl sites for hydroxylation is 1. The van der Waals surface area contributed by atoms with E-state index in [1.165, 1.54) is 14.0 Å². The summed E-state index contributed by atoms with van der Waals surface area (Å²) in [7, 11) is 1.50. The van der Waals surface area contributed by atoms with Gasteiger partial charge in [0.25, 0.3) is 5.91 Å². The number of aliphatic hydroxyl groups excluding tert-OH is 1. The lowest BCUT2D eigenvalue weighted by molar-refractivity contribution is 0.102. The summed E-state index contributed by atoms with van der Waals surface area (Å²) in [6, 6.07) is 10.4. The Hall–Kier alpha value is -4.11. The van der Waals surface area contributed by atoms with Gasteiger partial charge >= 0.3 is 0 Å². The van der Waals surface area contributed by atoms with Crippen LogP contribution in [-0.4, -0.2) is 60.2 Å². The lowest BCUT2D eigenvalue weighted by Crippen LogP contribution is -2.37. The van der Waals surface area contributed by atoms with Gasteiger partial charge in [-0.05, 0) is 50.1 Å². The van der Waals surface area contributed by atoms with Gasteiger partial charge in [0.1, 0.15) is 5.75 Å². The zero-order valence-electron chi connectivity index (χ0n) is 20.8. The van der Waals surface area contributed by atoms with Crippen molar-refractivity contribution in [1.82, 2.24) is 4.98 Å². The molecule has 0 bridgehead atoms. The summed E-state index contributed by atoms with van der Waals surface area (Å²) in [5, 5.41) is 31.9. The summed E-state index contributed by atoms with van der Waals surface area (Å²) < 4.78 is 11.0. The van der Waals surface area contributed by atoms with Gasteiger partial charge in [0.2, 0.25) is 5.88 Å². The van der Waals surface area contributed by atoms with Crippen LogP contribution in [0.15, 0.2) is 42.2 Å². The first-order valence-corrected chi connectivity index (χ1v) is 11.6. The van der Waals surface area contributed by atoms with Crippen LogP contribution < -0.4 is 15.0 Å². The highest BCUT2D eigenvalue weighted by atomic mass is 16.5. The van der Waals surface area contributed by atoms with Gasteiger partial charge in [-0.1, -0.05) is 6.07 Å². The maximum absolute atomic E-state index is 13.7. The molecule has 0 unspecified atom stereocenters. The lowest BCUT2D eigenvalue weighted by Gasteiger charge is -2.30. The maximum atomic E-state index is 13.7. The number of methoxy groups -OCH3 is 1. The first-order chi connectivity index (χ1) is 17.2. The summed E-state index contributed by atoms with van der Waals surface area (Å²) in [5.41, 5.74) is 4.10. The number of carbonyl (C=O) groups is 1. The number of hydrogen-bond acceptors (Lipinski definition) is 8. The van der Waals surface area contributed by atoms with E-state index >= 15 is 0 Å². The molecule has 9 nitrogen and oxygen atoms in total. The fourth-order valence-corrected chi connectivity index (χ4v) is 4.51. The molecule has 1 fully saturated rings. The zero-order valence-corrected chi connectivity index (χ0v) is 20.8. The highest BCUT2D eigenvalue weighted by Gasteiger charge is 2.22. The van der Waals surface area contributed by atoms with Crippen LogP contribution in [0.2, 0.25) is 0 Å². The predicted molar refractivity (Wildman–Crippen MR) is 141 cm³/mol. The highest BCUT2D eigenvalue weighted by Crippen LogP contribution is 2.34. The quantitative estimate of drug-likeness (QED) is 0.292. The van der Waals surface area contributed by atoms with E-state index in [0.29, 0.717) is 60.0 Å². The number of carbonyl (C=O) groups excluding carboxylic acids is 1. The van der Waals surface area contributed by atoms with Crippen molar-refractivity contribution >= 4 is 39.5 Å². The number of aromatic hydroxyl groups is 1. The summed E-state index contributed by atoms with van der Waals surface area (Å²) in [6.45, 7) is 7.36. The molecule has 1 aliphatic rings. The third-order valence-corrected chi connectivity index (χ3v) is 6.19. The number of amides is 1. The second kappa shape index (κ2) is 10.2. The van der Waals surface area contributed by atoms with Crippen LogP contribution in [0.3, 0.4) is 0 Å². The van der Waals surface area contributed by atoms with Crippen LogP contribution >= 0.6 is 0 Å². The number of anilines is 2. The Morgan fingerprint density at radius 3 is 2.53 bits per heavy atom. The molecule has 2 aromatic carbocycles. The monoisotopic (exact) mass is 490 g/mol. The molecule has 1 amide bonds. The molecule has 0 spiro atoms. The number of rotatable bonds is 6. The van der Waals surface area contributed by atoms with E-state index in [1.807, 2.05) is 19.1 Å². The summed E-state index contributed by atoms with van der Waals surface area (Å²) in [6.07, 6.45) is 0. The maximum Gasteiger partial charge on any atom is 0.257 e. The SMILES string of the molecule is COc1cc2nc(O)cc(C)c2cc1NC(=O)c1cc(/C(C(C)=N)=C(\C)O)ccc1N1CCOCC1. The van der Waals surface area contributed by atoms with Gasteiger partial charge in [-0.2, -0.15) is 0 Å². The van der Waals surface area contributed by atoms with Crippen molar-refractivity contribution in [3.63, 3.8) is 0 Å². The van der Waals surface area contributed by atoms with Crippen LogP contribution in [0, 0.1) is 12.3 Å². The number of allylic oxidation sites excluding steroid dienone is 2. The van der Waals surface area contributed by atoms with Crippen LogP contribution in [-0.2, 0) is 4.74 Å². The fourth-order valence-electron chi connectivity index (χ4n) is 4.51. The van der Waals surface area contributed by atoms with Crippen molar-refractivity contribution in [3.05, 3.63) is 58.8 Å². The zero-order chi connectivity index (χ0) is 26.0. The van der Waals surface area contributed by atoms with Crippen molar-refractivity contribution < 1.29 is 24.5 Å². The third kappa shape index (κ3) is 4.96. The number of hydrogen-bond donors (Lipinski definition) is 4.